The number of hydrogen-bond acceptors (Lipinski definition) is 4. The lowest BCUT2D eigenvalue weighted by atomic mass is 9.88. The maximum absolute atomic E-state index is 11.8. The van der Waals surface area contributed by atoms with Crippen molar-refractivity contribution in [2.75, 3.05) is 6.61 Å². The number of nitrogens with zero attached hydrogens (tertiary/aromatic N) is 1. The molecule has 1 unspecified atom stereocenters. The molecule has 1 saturated heterocycles. The highest BCUT2D eigenvalue weighted by Gasteiger charge is 2.32. The van der Waals surface area contributed by atoms with Crippen molar-refractivity contribution in [1.29, 1.82) is 0 Å². The number of thioether (sulfide) groups is 1. The van der Waals surface area contributed by atoms with E-state index in [1.807, 2.05) is 18.3 Å². The summed E-state index contributed by atoms with van der Waals surface area (Å²) >= 11 is 1.42. The fraction of sp³-hybridized carbons (Fsp3) is 0.391. The second-order valence-corrected chi connectivity index (χ2v) is 8.52. The first-order valence-corrected chi connectivity index (χ1v) is 10.9. The highest BCUT2D eigenvalue weighted by atomic mass is 32.2. The zero-order valence-electron chi connectivity index (χ0n) is 16.2. The van der Waals surface area contributed by atoms with Gasteiger partial charge in [0.05, 0.1) is 11.9 Å². The van der Waals surface area contributed by atoms with Gasteiger partial charge in [-0.25, -0.2) is 0 Å². The molecule has 1 aliphatic heterocycles. The monoisotopic (exact) mass is 394 g/mol. The summed E-state index contributed by atoms with van der Waals surface area (Å²) < 4.78 is 5.87. The van der Waals surface area contributed by atoms with E-state index in [9.17, 15) is 4.79 Å². The van der Waals surface area contributed by atoms with Gasteiger partial charge < -0.3 is 10.1 Å². The van der Waals surface area contributed by atoms with Crippen LogP contribution in [0.3, 0.4) is 0 Å². The van der Waals surface area contributed by atoms with Crippen molar-refractivity contribution in [1.82, 2.24) is 10.3 Å². The number of rotatable bonds is 7. The van der Waals surface area contributed by atoms with Crippen LogP contribution in [0.2, 0.25) is 0 Å². The van der Waals surface area contributed by atoms with Crippen LogP contribution in [0.5, 0.6) is 5.75 Å². The summed E-state index contributed by atoms with van der Waals surface area (Å²) in [5.74, 6) is 0.875. The summed E-state index contributed by atoms with van der Waals surface area (Å²) in [7, 11) is 0. The second-order valence-electron chi connectivity index (χ2n) is 7.35. The van der Waals surface area contributed by atoms with Gasteiger partial charge in [-0.2, -0.15) is 0 Å². The van der Waals surface area contributed by atoms with Crippen LogP contribution in [-0.4, -0.2) is 22.1 Å². The largest absolute Gasteiger partial charge is 0.493 e. The van der Waals surface area contributed by atoms with Gasteiger partial charge in [-0.05, 0) is 67.0 Å². The van der Waals surface area contributed by atoms with Crippen molar-refractivity contribution >= 4 is 17.0 Å². The molecule has 146 valence electrons. The van der Waals surface area contributed by atoms with E-state index in [0.29, 0.717) is 6.61 Å². The van der Waals surface area contributed by atoms with E-state index in [-0.39, 0.29) is 10.5 Å². The van der Waals surface area contributed by atoms with Crippen LogP contribution in [0.15, 0.2) is 53.9 Å². The normalized spacial score (nSPS) is 18.8. The second kappa shape index (κ2) is 8.82. The summed E-state index contributed by atoms with van der Waals surface area (Å²) in [6.07, 6.45) is 8.14. The Kier molecular flexibility index (Phi) is 6.01. The molecule has 4 nitrogen and oxygen atoms in total. The molecule has 5 heteroatoms. The number of allylic oxidation sites excluding steroid dienone is 1. The Morgan fingerprint density at radius 3 is 2.57 bits per heavy atom. The highest BCUT2D eigenvalue weighted by molar-refractivity contribution is 8.14. The number of benzene rings is 1. The quantitative estimate of drug-likeness (QED) is 0.712. The van der Waals surface area contributed by atoms with Gasteiger partial charge in [0.1, 0.15) is 5.75 Å². The Morgan fingerprint density at radius 2 is 1.93 bits per heavy atom. The molecular formula is C23H26N2O2S. The topological polar surface area (TPSA) is 51.2 Å². The van der Waals surface area contributed by atoms with Crippen molar-refractivity contribution in [3.63, 3.8) is 0 Å². The van der Waals surface area contributed by atoms with Crippen LogP contribution >= 0.6 is 11.8 Å². The van der Waals surface area contributed by atoms with Gasteiger partial charge in [-0.15, -0.1) is 0 Å². The van der Waals surface area contributed by atoms with Crippen molar-refractivity contribution in [2.45, 2.75) is 50.7 Å². The van der Waals surface area contributed by atoms with Crippen LogP contribution in [0, 0.1) is 0 Å². The molecule has 1 atom stereocenters. The van der Waals surface area contributed by atoms with Gasteiger partial charge in [0.2, 0.25) is 0 Å². The molecule has 1 aliphatic carbocycles. The number of aryl methyl sites for hydroxylation is 1. The molecule has 2 fully saturated rings. The summed E-state index contributed by atoms with van der Waals surface area (Å²) in [5.41, 5.74) is 6.15. The van der Waals surface area contributed by atoms with Gasteiger partial charge in [-0.3, -0.25) is 9.78 Å². The van der Waals surface area contributed by atoms with Crippen molar-refractivity contribution in [2.24, 2.45) is 0 Å². The minimum Gasteiger partial charge on any atom is -0.493 e. The standard InChI is InChI=1S/C23H26N2O2S/c1-2-16-6-9-19(24-15-16)12-13-27-20-10-7-17(8-11-20)14-21-22(18-4-3-5-18)25-23(26)28-21/h6-11,15,21H,2-5,12-14H2,1H3,(H,25,26). The lowest BCUT2D eigenvalue weighted by Crippen LogP contribution is -2.20. The molecule has 2 heterocycles. The molecule has 28 heavy (non-hydrogen) atoms. The zero-order valence-corrected chi connectivity index (χ0v) is 17.1. The number of amides is 1. The highest BCUT2D eigenvalue weighted by Crippen LogP contribution is 2.37. The van der Waals surface area contributed by atoms with Crippen LogP contribution in [-0.2, 0) is 19.3 Å². The first kappa shape index (κ1) is 19.1. The van der Waals surface area contributed by atoms with Gasteiger partial charge in [0.25, 0.3) is 5.24 Å². The SMILES string of the molecule is CCc1ccc(CCOc2ccc(CC3SC(=O)NC3=C3CCC3)cc2)nc1. The fourth-order valence-electron chi connectivity index (χ4n) is 3.51. The molecule has 0 spiro atoms. The van der Waals surface area contributed by atoms with E-state index in [0.717, 1.165) is 43.5 Å². The summed E-state index contributed by atoms with van der Waals surface area (Å²) in [6, 6.07) is 12.5. The smallest absolute Gasteiger partial charge is 0.283 e. The molecule has 1 amide bonds. The van der Waals surface area contributed by atoms with Crippen LogP contribution < -0.4 is 10.1 Å². The van der Waals surface area contributed by atoms with Crippen LogP contribution in [0.25, 0.3) is 0 Å². The predicted octanol–water partition coefficient (Wildman–Crippen LogP) is 5.07. The van der Waals surface area contributed by atoms with Crippen molar-refractivity contribution in [3.05, 3.63) is 70.7 Å². The number of carbonyl (C=O) groups is 1. The van der Waals surface area contributed by atoms with Crippen LogP contribution in [0.1, 0.15) is 43.0 Å². The van der Waals surface area contributed by atoms with E-state index in [1.165, 1.54) is 40.6 Å². The Hall–Kier alpha value is -2.27. The summed E-state index contributed by atoms with van der Waals surface area (Å²) in [4.78, 5) is 16.3. The number of aromatic nitrogens is 1. The van der Waals surface area contributed by atoms with Crippen molar-refractivity contribution in [3.8, 4) is 5.75 Å². The molecule has 0 bridgehead atoms. The average molecular weight is 395 g/mol. The number of nitrogens with one attached hydrogen (secondary N) is 1. The lowest BCUT2D eigenvalue weighted by molar-refractivity contribution is 0.263. The van der Waals surface area contributed by atoms with E-state index >= 15 is 0 Å². The van der Waals surface area contributed by atoms with E-state index in [2.05, 4.69) is 41.5 Å². The Balaban J connectivity index is 1.29. The molecule has 1 saturated carbocycles. The molecule has 1 aromatic heterocycles. The van der Waals surface area contributed by atoms with E-state index < -0.39 is 0 Å². The van der Waals surface area contributed by atoms with E-state index in [1.54, 1.807) is 0 Å². The maximum atomic E-state index is 11.8. The predicted molar refractivity (Wildman–Crippen MR) is 114 cm³/mol. The van der Waals surface area contributed by atoms with Crippen LogP contribution in [0.4, 0.5) is 4.79 Å². The molecule has 0 radical (unpaired) electrons. The van der Waals surface area contributed by atoms with E-state index in [4.69, 9.17) is 4.74 Å². The van der Waals surface area contributed by atoms with Gasteiger partial charge in [-0.1, -0.05) is 36.9 Å². The molecular weight excluding hydrogens is 368 g/mol. The average Bonchev–Trinajstić information content (AvgIpc) is 3.02. The Bertz CT molecular complexity index is 853. The Labute approximate surface area is 170 Å². The number of pyridine rings is 1. The summed E-state index contributed by atoms with van der Waals surface area (Å²) in [5, 5.41) is 3.37. The number of carbonyl (C=O) groups excluding carboxylic acids is 1. The Morgan fingerprint density at radius 1 is 1.14 bits per heavy atom. The number of ether oxygens (including phenoxy) is 1. The van der Waals surface area contributed by atoms with Gasteiger partial charge >= 0.3 is 0 Å². The lowest BCUT2D eigenvalue weighted by Gasteiger charge is -2.22. The minimum absolute atomic E-state index is 0.0833. The molecule has 1 N–H and O–H groups in total. The maximum Gasteiger partial charge on any atom is 0.283 e. The third-order valence-corrected chi connectivity index (χ3v) is 6.41. The van der Waals surface area contributed by atoms with Crippen molar-refractivity contribution < 1.29 is 9.53 Å². The number of hydrogen-bond donors (Lipinski definition) is 1. The van der Waals surface area contributed by atoms with Gasteiger partial charge in [0.15, 0.2) is 0 Å². The summed E-state index contributed by atoms with van der Waals surface area (Å²) in [6.45, 7) is 2.75. The first-order valence-electron chi connectivity index (χ1n) is 10.1. The minimum atomic E-state index is 0.0833. The molecule has 1 aromatic carbocycles. The first-order chi connectivity index (χ1) is 13.7. The molecule has 2 aromatic rings. The molecule has 2 aliphatic rings. The fourth-order valence-corrected chi connectivity index (χ4v) is 4.56. The third kappa shape index (κ3) is 4.58. The zero-order chi connectivity index (χ0) is 19.3. The third-order valence-electron chi connectivity index (χ3n) is 5.41. The molecule has 4 rings (SSSR count). The van der Waals surface area contributed by atoms with Gasteiger partial charge in [0, 0.05) is 24.0 Å².